The third-order valence-corrected chi connectivity index (χ3v) is 4.09. The molecule has 0 unspecified atom stereocenters. The highest BCUT2D eigenvalue weighted by atomic mass is 16.5. The Morgan fingerprint density at radius 2 is 1.88 bits per heavy atom. The lowest BCUT2D eigenvalue weighted by atomic mass is 10.1. The molecule has 0 saturated heterocycles. The van der Waals surface area contributed by atoms with Crippen molar-refractivity contribution in [3.63, 3.8) is 0 Å². The van der Waals surface area contributed by atoms with Gasteiger partial charge in [0, 0.05) is 45.4 Å². The van der Waals surface area contributed by atoms with Crippen LogP contribution in [0.2, 0.25) is 0 Å². The summed E-state index contributed by atoms with van der Waals surface area (Å²) >= 11 is 0. The molecule has 2 rings (SSSR count). The number of rotatable bonds is 9. The second-order valence-corrected chi connectivity index (χ2v) is 5.96. The van der Waals surface area contributed by atoms with Gasteiger partial charge in [0.25, 0.3) is 0 Å². The zero-order chi connectivity index (χ0) is 18.8. The third-order valence-electron chi connectivity index (χ3n) is 4.09. The van der Waals surface area contributed by atoms with E-state index in [9.17, 15) is 9.59 Å². The number of nitrogens with zero attached hydrogens (tertiary/aromatic N) is 2. The molecule has 0 saturated carbocycles. The summed E-state index contributed by atoms with van der Waals surface area (Å²) in [5.74, 6) is 0.700. The maximum atomic E-state index is 12.1. The first kappa shape index (κ1) is 19.4. The van der Waals surface area contributed by atoms with Gasteiger partial charge in [-0.25, -0.2) is 0 Å². The number of nitrogens with one attached hydrogen (secondary N) is 1. The first-order valence-electron chi connectivity index (χ1n) is 8.63. The Morgan fingerprint density at radius 3 is 2.58 bits per heavy atom. The highest BCUT2D eigenvalue weighted by molar-refractivity contribution is 5.78. The van der Waals surface area contributed by atoms with Gasteiger partial charge in [-0.2, -0.15) is 0 Å². The monoisotopic (exact) mass is 355 g/mol. The summed E-state index contributed by atoms with van der Waals surface area (Å²) in [6, 6.07) is 11.5. The number of carbonyl (C=O) groups is 2. The van der Waals surface area contributed by atoms with Gasteiger partial charge in [0.1, 0.15) is 5.75 Å². The number of carbonyl (C=O) groups excluding carboxylic acids is 2. The van der Waals surface area contributed by atoms with Crippen molar-refractivity contribution in [1.29, 1.82) is 0 Å². The predicted molar refractivity (Wildman–Crippen MR) is 99.7 cm³/mol. The molecule has 2 amide bonds. The van der Waals surface area contributed by atoms with Crippen molar-refractivity contribution in [1.82, 2.24) is 15.2 Å². The molecule has 1 heterocycles. The Hall–Kier alpha value is -2.89. The Labute approximate surface area is 154 Å². The standard InChI is InChI=1S/C20H25N3O3/c1-16(24)23(15-17-7-11-21-12-8-17)14-10-20(25)22-13-9-18-5-3-4-6-19(18)26-2/h3-8,11-12H,9-10,13-15H2,1-2H3,(H,22,25). The van der Waals surface area contributed by atoms with Crippen molar-refractivity contribution < 1.29 is 14.3 Å². The molecule has 0 fully saturated rings. The van der Waals surface area contributed by atoms with E-state index < -0.39 is 0 Å². The molecule has 0 radical (unpaired) electrons. The van der Waals surface area contributed by atoms with Gasteiger partial charge in [0.2, 0.25) is 11.8 Å². The summed E-state index contributed by atoms with van der Waals surface area (Å²) < 4.78 is 5.30. The van der Waals surface area contributed by atoms with Gasteiger partial charge in [0.05, 0.1) is 7.11 Å². The average Bonchev–Trinajstić information content (AvgIpc) is 2.66. The average molecular weight is 355 g/mol. The Morgan fingerprint density at radius 1 is 1.15 bits per heavy atom. The van der Waals surface area contributed by atoms with E-state index in [1.807, 2.05) is 36.4 Å². The van der Waals surface area contributed by atoms with E-state index >= 15 is 0 Å². The lowest BCUT2D eigenvalue weighted by Gasteiger charge is -2.21. The third kappa shape index (κ3) is 6.20. The molecule has 6 heteroatoms. The molecule has 0 aliphatic rings. The summed E-state index contributed by atoms with van der Waals surface area (Å²) in [5.41, 5.74) is 2.05. The summed E-state index contributed by atoms with van der Waals surface area (Å²) in [4.78, 5) is 29.5. The van der Waals surface area contributed by atoms with Crippen LogP contribution < -0.4 is 10.1 Å². The van der Waals surface area contributed by atoms with Crippen LogP contribution in [-0.2, 0) is 22.6 Å². The van der Waals surface area contributed by atoms with Crippen molar-refractivity contribution in [2.75, 3.05) is 20.2 Å². The fourth-order valence-corrected chi connectivity index (χ4v) is 2.63. The molecule has 1 aromatic heterocycles. The van der Waals surface area contributed by atoms with Crippen LogP contribution in [-0.4, -0.2) is 41.9 Å². The molecule has 1 N–H and O–H groups in total. The largest absolute Gasteiger partial charge is 0.496 e. The number of pyridine rings is 1. The van der Waals surface area contributed by atoms with Crippen molar-refractivity contribution in [3.05, 3.63) is 59.9 Å². The van der Waals surface area contributed by atoms with Crippen LogP contribution in [0.15, 0.2) is 48.8 Å². The molecular formula is C20H25N3O3. The summed E-state index contributed by atoms with van der Waals surface area (Å²) in [6.45, 7) is 2.91. The van der Waals surface area contributed by atoms with E-state index in [-0.39, 0.29) is 18.2 Å². The highest BCUT2D eigenvalue weighted by Crippen LogP contribution is 2.17. The molecule has 0 spiro atoms. The van der Waals surface area contributed by atoms with Gasteiger partial charge in [0.15, 0.2) is 0 Å². The minimum Gasteiger partial charge on any atom is -0.496 e. The highest BCUT2D eigenvalue weighted by Gasteiger charge is 2.12. The number of aromatic nitrogens is 1. The molecule has 138 valence electrons. The van der Waals surface area contributed by atoms with E-state index in [4.69, 9.17) is 4.74 Å². The number of para-hydroxylation sites is 1. The molecule has 0 atom stereocenters. The number of hydrogen-bond donors (Lipinski definition) is 1. The maximum Gasteiger partial charge on any atom is 0.221 e. The van der Waals surface area contributed by atoms with Crippen molar-refractivity contribution in [3.8, 4) is 5.75 Å². The molecule has 1 aromatic carbocycles. The van der Waals surface area contributed by atoms with Gasteiger partial charge in [-0.05, 0) is 35.7 Å². The van der Waals surface area contributed by atoms with Gasteiger partial charge in [-0.1, -0.05) is 18.2 Å². The van der Waals surface area contributed by atoms with Crippen LogP contribution >= 0.6 is 0 Å². The number of benzene rings is 1. The summed E-state index contributed by atoms with van der Waals surface area (Å²) in [7, 11) is 1.64. The van der Waals surface area contributed by atoms with Crippen molar-refractivity contribution in [2.24, 2.45) is 0 Å². The fraction of sp³-hybridized carbons (Fsp3) is 0.350. The molecule has 6 nitrogen and oxygen atoms in total. The molecule has 0 aliphatic heterocycles. The van der Waals surface area contributed by atoms with E-state index in [2.05, 4.69) is 10.3 Å². The van der Waals surface area contributed by atoms with E-state index in [0.29, 0.717) is 26.1 Å². The van der Waals surface area contributed by atoms with Crippen LogP contribution in [0.4, 0.5) is 0 Å². The molecule has 0 bridgehead atoms. The Bertz CT molecular complexity index is 719. The van der Waals surface area contributed by atoms with Crippen LogP contribution in [0.3, 0.4) is 0 Å². The van der Waals surface area contributed by atoms with Gasteiger partial charge >= 0.3 is 0 Å². The van der Waals surface area contributed by atoms with E-state index in [1.165, 1.54) is 6.92 Å². The van der Waals surface area contributed by atoms with E-state index in [0.717, 1.165) is 16.9 Å². The molecule has 0 aliphatic carbocycles. The minimum atomic E-state index is -0.0686. The number of methoxy groups -OCH3 is 1. The first-order valence-corrected chi connectivity index (χ1v) is 8.63. The molecular weight excluding hydrogens is 330 g/mol. The lowest BCUT2D eigenvalue weighted by molar-refractivity contribution is -0.130. The zero-order valence-electron chi connectivity index (χ0n) is 15.3. The second kappa shape index (κ2) is 10.2. The predicted octanol–water partition coefficient (Wildman–Crippen LogP) is 2.19. The number of hydrogen-bond acceptors (Lipinski definition) is 4. The lowest BCUT2D eigenvalue weighted by Crippen LogP contribution is -2.34. The maximum absolute atomic E-state index is 12.1. The quantitative estimate of drug-likeness (QED) is 0.748. The van der Waals surface area contributed by atoms with Gasteiger partial charge in [-0.15, -0.1) is 0 Å². The fourth-order valence-electron chi connectivity index (χ4n) is 2.63. The second-order valence-electron chi connectivity index (χ2n) is 5.96. The number of amides is 2. The number of ether oxygens (including phenoxy) is 1. The Kier molecular flexibility index (Phi) is 7.61. The first-order chi connectivity index (χ1) is 12.6. The van der Waals surface area contributed by atoms with Crippen LogP contribution in [0, 0.1) is 0 Å². The Balaban J connectivity index is 1.76. The molecule has 2 aromatic rings. The van der Waals surface area contributed by atoms with E-state index in [1.54, 1.807) is 24.4 Å². The van der Waals surface area contributed by atoms with Gasteiger partial charge < -0.3 is 15.0 Å². The zero-order valence-corrected chi connectivity index (χ0v) is 15.3. The summed E-state index contributed by atoms with van der Waals surface area (Å²) in [5, 5.41) is 2.90. The van der Waals surface area contributed by atoms with Crippen LogP contribution in [0.25, 0.3) is 0 Å². The summed E-state index contributed by atoms with van der Waals surface area (Å²) in [6.07, 6.45) is 4.36. The van der Waals surface area contributed by atoms with Crippen molar-refractivity contribution >= 4 is 11.8 Å². The van der Waals surface area contributed by atoms with Crippen LogP contribution in [0.5, 0.6) is 5.75 Å². The van der Waals surface area contributed by atoms with Gasteiger partial charge in [-0.3, -0.25) is 14.6 Å². The molecule has 26 heavy (non-hydrogen) atoms. The smallest absolute Gasteiger partial charge is 0.221 e. The van der Waals surface area contributed by atoms with Crippen molar-refractivity contribution in [2.45, 2.75) is 26.3 Å². The minimum absolute atomic E-state index is 0.0522. The topological polar surface area (TPSA) is 71.5 Å². The van der Waals surface area contributed by atoms with Crippen LogP contribution in [0.1, 0.15) is 24.5 Å². The SMILES string of the molecule is COc1ccccc1CCNC(=O)CCN(Cc1ccncc1)C(C)=O. The normalized spacial score (nSPS) is 10.2.